The average Bonchev–Trinajstić information content (AvgIpc) is 2.67. The first-order valence-corrected chi connectivity index (χ1v) is 8.60. The topological polar surface area (TPSA) is 71.4 Å². The Labute approximate surface area is 156 Å². The van der Waals surface area contributed by atoms with E-state index < -0.39 is 0 Å². The van der Waals surface area contributed by atoms with Crippen molar-refractivity contribution in [1.82, 2.24) is 4.90 Å². The molecule has 1 fully saturated rings. The van der Waals surface area contributed by atoms with E-state index >= 15 is 0 Å². The molecule has 26 heavy (non-hydrogen) atoms. The number of aliphatic imine (C=N–C) groups is 1. The fraction of sp³-hybridized carbons (Fsp3) is 0.263. The normalized spacial score (nSPS) is 14.6. The second kappa shape index (κ2) is 8.69. The highest BCUT2D eigenvalue weighted by Gasteiger charge is 2.16. The number of hydrogen-bond acceptors (Lipinski definition) is 5. The van der Waals surface area contributed by atoms with Crippen LogP contribution >= 0.6 is 11.6 Å². The van der Waals surface area contributed by atoms with E-state index in [1.807, 2.05) is 12.1 Å². The van der Waals surface area contributed by atoms with Crippen LogP contribution in [0, 0.1) is 0 Å². The van der Waals surface area contributed by atoms with Crippen molar-refractivity contribution in [2.45, 2.75) is 0 Å². The number of aromatic hydroxyl groups is 1. The van der Waals surface area contributed by atoms with Crippen molar-refractivity contribution in [2.75, 3.05) is 32.9 Å². The van der Waals surface area contributed by atoms with Crippen LogP contribution in [0.4, 0.5) is 5.69 Å². The highest BCUT2D eigenvalue weighted by Crippen LogP contribution is 2.29. The van der Waals surface area contributed by atoms with E-state index in [0.717, 1.165) is 5.56 Å². The molecule has 1 amide bonds. The lowest BCUT2D eigenvalue weighted by Crippen LogP contribution is -2.42. The average molecular weight is 375 g/mol. The predicted molar refractivity (Wildman–Crippen MR) is 99.7 cm³/mol. The van der Waals surface area contributed by atoms with Gasteiger partial charge in [0.15, 0.2) is 6.61 Å². The monoisotopic (exact) mass is 374 g/mol. The minimum Gasteiger partial charge on any atom is -0.506 e. The zero-order chi connectivity index (χ0) is 18.4. The van der Waals surface area contributed by atoms with Gasteiger partial charge in [-0.1, -0.05) is 11.6 Å². The van der Waals surface area contributed by atoms with Crippen molar-refractivity contribution in [3.05, 3.63) is 53.1 Å². The maximum absolute atomic E-state index is 12.0. The van der Waals surface area contributed by atoms with E-state index in [1.54, 1.807) is 35.4 Å². The lowest BCUT2D eigenvalue weighted by atomic mass is 10.2. The van der Waals surface area contributed by atoms with Gasteiger partial charge in [-0.2, -0.15) is 0 Å². The molecule has 0 unspecified atom stereocenters. The van der Waals surface area contributed by atoms with Crippen LogP contribution in [0.5, 0.6) is 11.5 Å². The van der Waals surface area contributed by atoms with Crippen LogP contribution in [0.1, 0.15) is 5.56 Å². The maximum atomic E-state index is 12.0. The standard InChI is InChI=1S/C19H19ClN2O4/c20-15-3-6-17(18(23)11-15)21-12-14-1-4-16(5-2-14)26-13-19(24)22-7-9-25-10-8-22/h1-6,11-12,23H,7-10,13H2. The molecule has 0 spiro atoms. The molecule has 2 aromatic carbocycles. The van der Waals surface area contributed by atoms with Crippen molar-refractivity contribution < 1.29 is 19.4 Å². The zero-order valence-corrected chi connectivity index (χ0v) is 14.9. The summed E-state index contributed by atoms with van der Waals surface area (Å²) in [6, 6.07) is 11.9. The quantitative estimate of drug-likeness (QED) is 0.816. The van der Waals surface area contributed by atoms with Gasteiger partial charge in [0, 0.05) is 30.4 Å². The summed E-state index contributed by atoms with van der Waals surface area (Å²) >= 11 is 5.79. The van der Waals surface area contributed by atoms with Gasteiger partial charge in [-0.3, -0.25) is 9.79 Å². The summed E-state index contributed by atoms with van der Waals surface area (Å²) in [4.78, 5) is 18.0. The van der Waals surface area contributed by atoms with E-state index in [-0.39, 0.29) is 18.3 Å². The Morgan fingerprint density at radius 1 is 1.23 bits per heavy atom. The number of carbonyl (C=O) groups is 1. The number of amides is 1. The largest absolute Gasteiger partial charge is 0.506 e. The van der Waals surface area contributed by atoms with Crippen LogP contribution in [0.15, 0.2) is 47.5 Å². The third kappa shape index (κ3) is 4.97. The fourth-order valence-corrected chi connectivity index (χ4v) is 2.62. The molecule has 1 N–H and O–H groups in total. The van der Waals surface area contributed by atoms with Gasteiger partial charge in [0.05, 0.1) is 13.2 Å². The summed E-state index contributed by atoms with van der Waals surface area (Å²) in [7, 11) is 0. The number of nitrogens with zero attached hydrogens (tertiary/aromatic N) is 2. The molecular formula is C19H19ClN2O4. The number of hydrogen-bond donors (Lipinski definition) is 1. The molecule has 6 nitrogen and oxygen atoms in total. The molecule has 3 rings (SSSR count). The number of phenols is 1. The summed E-state index contributed by atoms with van der Waals surface area (Å²) in [5.74, 6) is 0.589. The second-order valence-electron chi connectivity index (χ2n) is 5.74. The summed E-state index contributed by atoms with van der Waals surface area (Å²) < 4.78 is 10.8. The van der Waals surface area contributed by atoms with E-state index in [0.29, 0.717) is 42.8 Å². The van der Waals surface area contributed by atoms with Gasteiger partial charge in [-0.25, -0.2) is 0 Å². The minimum atomic E-state index is -0.0443. The molecule has 0 saturated carbocycles. The van der Waals surface area contributed by atoms with Gasteiger partial charge >= 0.3 is 0 Å². The molecule has 2 aromatic rings. The number of carbonyl (C=O) groups excluding carboxylic acids is 1. The molecule has 1 heterocycles. The highest BCUT2D eigenvalue weighted by atomic mass is 35.5. The van der Waals surface area contributed by atoms with Gasteiger partial charge in [0.1, 0.15) is 17.2 Å². The van der Waals surface area contributed by atoms with E-state index in [1.165, 1.54) is 6.07 Å². The summed E-state index contributed by atoms with van der Waals surface area (Å²) in [5, 5.41) is 10.2. The van der Waals surface area contributed by atoms with Crippen LogP contribution in [-0.2, 0) is 9.53 Å². The Bertz CT molecular complexity index is 787. The maximum Gasteiger partial charge on any atom is 0.260 e. The van der Waals surface area contributed by atoms with Crippen molar-refractivity contribution in [1.29, 1.82) is 0 Å². The number of phenolic OH excluding ortho intramolecular Hbond substituents is 1. The van der Waals surface area contributed by atoms with Crippen molar-refractivity contribution >= 4 is 29.4 Å². The first-order valence-electron chi connectivity index (χ1n) is 8.23. The van der Waals surface area contributed by atoms with Crippen LogP contribution in [-0.4, -0.2) is 55.0 Å². The Morgan fingerprint density at radius 3 is 2.65 bits per heavy atom. The SMILES string of the molecule is O=C(COc1ccc(C=Nc2ccc(Cl)cc2O)cc1)N1CCOCC1. The molecule has 0 radical (unpaired) electrons. The van der Waals surface area contributed by atoms with Crippen molar-refractivity contribution in [3.8, 4) is 11.5 Å². The summed E-state index contributed by atoms with van der Waals surface area (Å²) in [5.41, 5.74) is 1.28. The van der Waals surface area contributed by atoms with Gasteiger partial charge in [-0.05, 0) is 42.0 Å². The number of ether oxygens (including phenoxy) is 2. The Morgan fingerprint density at radius 2 is 1.96 bits per heavy atom. The van der Waals surface area contributed by atoms with Crippen molar-refractivity contribution in [2.24, 2.45) is 4.99 Å². The fourth-order valence-electron chi connectivity index (χ4n) is 2.45. The number of rotatable bonds is 5. The first-order chi connectivity index (χ1) is 12.6. The molecule has 0 aromatic heterocycles. The van der Waals surface area contributed by atoms with Gasteiger partial charge in [0.2, 0.25) is 0 Å². The molecule has 1 saturated heterocycles. The summed E-state index contributed by atoms with van der Waals surface area (Å²) in [6.45, 7) is 2.36. The third-order valence-corrected chi connectivity index (χ3v) is 4.13. The minimum absolute atomic E-state index is 0.00603. The van der Waals surface area contributed by atoms with E-state index in [2.05, 4.69) is 4.99 Å². The van der Waals surface area contributed by atoms with Crippen LogP contribution < -0.4 is 4.74 Å². The van der Waals surface area contributed by atoms with Crippen LogP contribution in [0.3, 0.4) is 0 Å². The number of morpholine rings is 1. The lowest BCUT2D eigenvalue weighted by molar-refractivity contribution is -0.137. The Kier molecular flexibility index (Phi) is 6.09. The molecule has 0 aliphatic carbocycles. The highest BCUT2D eigenvalue weighted by molar-refractivity contribution is 6.30. The summed E-state index contributed by atoms with van der Waals surface area (Å²) in [6.07, 6.45) is 1.63. The first kappa shape index (κ1) is 18.2. The second-order valence-corrected chi connectivity index (χ2v) is 6.18. The van der Waals surface area contributed by atoms with Gasteiger partial charge < -0.3 is 19.5 Å². The smallest absolute Gasteiger partial charge is 0.260 e. The van der Waals surface area contributed by atoms with Crippen molar-refractivity contribution in [3.63, 3.8) is 0 Å². The molecular weight excluding hydrogens is 356 g/mol. The Hall–Kier alpha value is -2.57. The molecule has 1 aliphatic heterocycles. The van der Waals surface area contributed by atoms with Crippen LogP contribution in [0.2, 0.25) is 5.02 Å². The predicted octanol–water partition coefficient (Wildman–Crippen LogP) is 3.03. The lowest BCUT2D eigenvalue weighted by Gasteiger charge is -2.26. The molecule has 0 bridgehead atoms. The zero-order valence-electron chi connectivity index (χ0n) is 14.1. The number of halogens is 1. The van der Waals surface area contributed by atoms with Gasteiger partial charge in [0.25, 0.3) is 5.91 Å². The van der Waals surface area contributed by atoms with Crippen LogP contribution in [0.25, 0.3) is 0 Å². The molecule has 7 heteroatoms. The third-order valence-electron chi connectivity index (χ3n) is 3.90. The molecule has 1 aliphatic rings. The number of benzene rings is 2. The van der Waals surface area contributed by atoms with E-state index in [9.17, 15) is 9.90 Å². The van der Waals surface area contributed by atoms with Gasteiger partial charge in [-0.15, -0.1) is 0 Å². The Balaban J connectivity index is 1.54. The molecule has 0 atom stereocenters. The van der Waals surface area contributed by atoms with E-state index in [4.69, 9.17) is 21.1 Å². The molecule has 136 valence electrons.